The Kier molecular flexibility index (Phi) is 13.0. The molecule has 49 heavy (non-hydrogen) atoms. The van der Waals surface area contributed by atoms with Crippen molar-refractivity contribution in [2.75, 3.05) is 45.1 Å². The monoisotopic (exact) mass is 722 g/mol. The van der Waals surface area contributed by atoms with E-state index in [0.717, 1.165) is 64.5 Å². The Bertz CT molecular complexity index is 1480. The molecule has 10 nitrogen and oxygen atoms in total. The standard InChI is InChI=1S/C36H52ClFN4O6S/c1-2-36-16-4-3-6-26(8-12-32(36)37)9-13-33(40-36)41-18-14-27(15-19-41)7-5-20-48-30-11-10-28(31(38)23-30)22-34(43)42-24-29(25-42)35(44)39-17-21-49(45,46)47/h8,10-12,23,26-27,29,32H,2-7,9,13-22,24-25H2,1H3,(H,39,44)(H,45,46,47)/b12-8-,40-33+. The summed E-state index contributed by atoms with van der Waals surface area (Å²) in [4.78, 5) is 34.2. The number of likely N-dealkylation sites (tertiary alicyclic amines) is 2. The lowest BCUT2D eigenvalue weighted by Gasteiger charge is -2.38. The number of allylic oxidation sites excluding steroid dienone is 1. The van der Waals surface area contributed by atoms with E-state index in [1.165, 1.54) is 36.1 Å². The number of carbonyl (C=O) groups excluding carboxylic acids is 2. The lowest BCUT2D eigenvalue weighted by Crippen LogP contribution is -2.56. The minimum atomic E-state index is -4.16. The van der Waals surface area contributed by atoms with E-state index in [4.69, 9.17) is 25.9 Å². The summed E-state index contributed by atoms with van der Waals surface area (Å²) in [6.45, 7) is 4.92. The third kappa shape index (κ3) is 10.4. The number of piperidine rings is 1. The average Bonchev–Trinajstić information content (AvgIpc) is 3.16. The molecule has 2 amide bonds. The van der Waals surface area contributed by atoms with Crippen LogP contribution in [-0.2, 0) is 26.1 Å². The van der Waals surface area contributed by atoms with Crippen LogP contribution in [0.2, 0.25) is 0 Å². The van der Waals surface area contributed by atoms with E-state index in [1.54, 1.807) is 12.1 Å². The molecule has 13 heteroatoms. The van der Waals surface area contributed by atoms with Gasteiger partial charge in [-0.15, -0.1) is 11.6 Å². The first-order valence-corrected chi connectivity index (χ1v) is 20.1. The van der Waals surface area contributed by atoms with Crippen LogP contribution in [0.3, 0.4) is 0 Å². The van der Waals surface area contributed by atoms with Gasteiger partial charge in [-0.3, -0.25) is 19.1 Å². The minimum absolute atomic E-state index is 0.0617. The molecule has 5 rings (SSSR count). The zero-order chi connectivity index (χ0) is 35.0. The van der Waals surface area contributed by atoms with Gasteiger partial charge in [0, 0.05) is 45.2 Å². The second-order valence-electron chi connectivity index (χ2n) is 14.2. The highest BCUT2D eigenvalue weighted by atomic mass is 35.5. The van der Waals surface area contributed by atoms with Gasteiger partial charge in [-0.25, -0.2) is 4.39 Å². The molecule has 272 valence electrons. The highest BCUT2D eigenvalue weighted by Gasteiger charge is 2.38. The van der Waals surface area contributed by atoms with Crippen molar-refractivity contribution in [1.82, 2.24) is 15.1 Å². The predicted molar refractivity (Wildman–Crippen MR) is 189 cm³/mol. The van der Waals surface area contributed by atoms with Gasteiger partial charge in [0.2, 0.25) is 11.8 Å². The van der Waals surface area contributed by atoms with Gasteiger partial charge < -0.3 is 19.9 Å². The van der Waals surface area contributed by atoms with Crippen molar-refractivity contribution < 1.29 is 31.7 Å². The summed E-state index contributed by atoms with van der Waals surface area (Å²) < 4.78 is 51.0. The van der Waals surface area contributed by atoms with E-state index >= 15 is 0 Å². The number of benzene rings is 1. The van der Waals surface area contributed by atoms with Gasteiger partial charge in [-0.1, -0.05) is 38.0 Å². The van der Waals surface area contributed by atoms with Crippen molar-refractivity contribution in [3.63, 3.8) is 0 Å². The Morgan fingerprint density at radius 3 is 2.63 bits per heavy atom. The van der Waals surface area contributed by atoms with Crippen LogP contribution < -0.4 is 10.1 Å². The first-order valence-electron chi connectivity index (χ1n) is 18.0. The maximum atomic E-state index is 14.8. The number of rotatable bonds is 12. The Hall–Kier alpha value is -2.70. The number of halogens is 2. The second-order valence-corrected chi connectivity index (χ2v) is 16.3. The molecule has 2 saturated heterocycles. The largest absolute Gasteiger partial charge is 0.493 e. The summed E-state index contributed by atoms with van der Waals surface area (Å²) in [5.74, 6) is 0.682. The van der Waals surface area contributed by atoms with Gasteiger partial charge in [0.1, 0.15) is 11.6 Å². The van der Waals surface area contributed by atoms with Crippen molar-refractivity contribution in [2.24, 2.45) is 22.7 Å². The number of nitrogens with one attached hydrogen (secondary N) is 1. The lowest BCUT2D eigenvalue weighted by atomic mass is 9.86. The van der Waals surface area contributed by atoms with Crippen molar-refractivity contribution >= 4 is 39.4 Å². The van der Waals surface area contributed by atoms with Gasteiger partial charge in [-0.05, 0) is 74.8 Å². The molecular weight excluding hydrogens is 671 g/mol. The van der Waals surface area contributed by atoms with Crippen molar-refractivity contribution in [2.45, 2.75) is 94.9 Å². The molecule has 3 heterocycles. The molecule has 0 saturated carbocycles. The Morgan fingerprint density at radius 2 is 1.92 bits per heavy atom. The molecule has 4 aliphatic rings. The van der Waals surface area contributed by atoms with Gasteiger partial charge in [-0.2, -0.15) is 8.42 Å². The summed E-state index contributed by atoms with van der Waals surface area (Å²) in [5.41, 5.74) is 0.0431. The minimum Gasteiger partial charge on any atom is -0.493 e. The zero-order valence-electron chi connectivity index (χ0n) is 28.6. The van der Waals surface area contributed by atoms with Crippen LogP contribution in [0.1, 0.15) is 83.1 Å². The highest BCUT2D eigenvalue weighted by molar-refractivity contribution is 7.85. The Labute approximate surface area is 295 Å². The summed E-state index contributed by atoms with van der Waals surface area (Å²) in [5, 5.41) is 2.37. The van der Waals surface area contributed by atoms with Crippen LogP contribution >= 0.6 is 11.6 Å². The molecule has 2 bridgehead atoms. The normalized spacial score (nSPS) is 27.1. The molecule has 0 radical (unpaired) electrons. The van der Waals surface area contributed by atoms with E-state index in [2.05, 4.69) is 29.3 Å². The number of amidine groups is 1. The molecular formula is C36H52ClFN4O6S. The Morgan fingerprint density at radius 1 is 1.14 bits per heavy atom. The quantitative estimate of drug-likeness (QED) is 0.128. The maximum Gasteiger partial charge on any atom is 0.266 e. The third-order valence-electron chi connectivity index (χ3n) is 10.8. The van der Waals surface area contributed by atoms with Crippen LogP contribution in [0.4, 0.5) is 4.39 Å². The lowest BCUT2D eigenvalue weighted by molar-refractivity contribution is -0.142. The van der Waals surface area contributed by atoms with Crippen LogP contribution in [0, 0.1) is 23.6 Å². The van der Waals surface area contributed by atoms with Crippen LogP contribution in [-0.4, -0.2) is 96.4 Å². The fourth-order valence-electron chi connectivity index (χ4n) is 7.54. The first-order chi connectivity index (χ1) is 23.4. The van der Waals surface area contributed by atoms with Crippen molar-refractivity contribution in [3.8, 4) is 5.75 Å². The van der Waals surface area contributed by atoms with Gasteiger partial charge in [0.15, 0.2) is 0 Å². The fourth-order valence-corrected chi connectivity index (χ4v) is 8.30. The van der Waals surface area contributed by atoms with Crippen LogP contribution in [0.5, 0.6) is 5.75 Å². The number of hydrogen-bond acceptors (Lipinski definition) is 7. The van der Waals surface area contributed by atoms with E-state index in [-0.39, 0.29) is 54.3 Å². The number of alkyl halides is 1. The summed E-state index contributed by atoms with van der Waals surface area (Å²) >= 11 is 7.00. The second kappa shape index (κ2) is 17.0. The molecule has 3 atom stereocenters. The smallest absolute Gasteiger partial charge is 0.266 e. The molecule has 2 N–H and O–H groups in total. The number of fused-ring (bicyclic) bond motifs is 3. The Balaban J connectivity index is 1.01. The number of hydrogen-bond donors (Lipinski definition) is 2. The van der Waals surface area contributed by atoms with Gasteiger partial charge >= 0.3 is 0 Å². The average molecular weight is 723 g/mol. The third-order valence-corrected chi connectivity index (χ3v) is 12.1. The topological polar surface area (TPSA) is 129 Å². The number of aliphatic imine (C=N–C) groups is 1. The van der Waals surface area contributed by atoms with Gasteiger partial charge in [0.25, 0.3) is 10.1 Å². The number of amides is 2. The molecule has 3 unspecified atom stereocenters. The molecule has 3 aliphatic heterocycles. The van der Waals surface area contributed by atoms with E-state index in [1.807, 2.05) is 0 Å². The SMILES string of the molecule is CCC12CCCCC(/C=C\C1Cl)CC/C(N1CCC(CCCOc3ccc(CC(=O)N4CC(C(=O)NCCS(=O)(=O)O)C4)c(F)c3)CC1)=N\2. The van der Waals surface area contributed by atoms with Crippen molar-refractivity contribution in [1.29, 1.82) is 0 Å². The number of nitrogens with zero attached hydrogens (tertiary/aromatic N) is 3. The van der Waals surface area contributed by atoms with Crippen LogP contribution in [0.25, 0.3) is 0 Å². The van der Waals surface area contributed by atoms with Crippen molar-refractivity contribution in [3.05, 3.63) is 41.7 Å². The molecule has 2 fully saturated rings. The maximum absolute atomic E-state index is 14.8. The molecule has 1 aliphatic carbocycles. The fraction of sp³-hybridized carbons (Fsp3) is 0.694. The van der Waals surface area contributed by atoms with Gasteiger partial charge in [0.05, 0.1) is 41.5 Å². The summed E-state index contributed by atoms with van der Waals surface area (Å²) in [7, 11) is -4.16. The number of ether oxygens (including phenoxy) is 1. The highest BCUT2D eigenvalue weighted by Crippen LogP contribution is 2.38. The summed E-state index contributed by atoms with van der Waals surface area (Å²) in [6.07, 6.45) is 16.5. The van der Waals surface area contributed by atoms with E-state index in [9.17, 15) is 22.4 Å². The van der Waals surface area contributed by atoms with Crippen LogP contribution in [0.15, 0.2) is 35.3 Å². The van der Waals surface area contributed by atoms with E-state index < -0.39 is 27.6 Å². The van der Waals surface area contributed by atoms with E-state index in [0.29, 0.717) is 24.2 Å². The molecule has 1 aromatic carbocycles. The zero-order valence-corrected chi connectivity index (χ0v) is 30.2. The molecule has 0 spiro atoms. The first kappa shape index (κ1) is 37.6. The number of carbonyl (C=O) groups is 2. The molecule has 0 aromatic heterocycles. The predicted octanol–water partition coefficient (Wildman–Crippen LogP) is 5.40. The summed E-state index contributed by atoms with van der Waals surface area (Å²) in [6, 6.07) is 4.57. The molecule has 1 aromatic rings.